The van der Waals surface area contributed by atoms with Gasteiger partial charge in [0.2, 0.25) is 0 Å². The summed E-state index contributed by atoms with van der Waals surface area (Å²) in [5.41, 5.74) is 8.12. The van der Waals surface area contributed by atoms with Crippen molar-refractivity contribution in [1.82, 2.24) is 15.1 Å². The van der Waals surface area contributed by atoms with Gasteiger partial charge in [-0.15, -0.1) is 0 Å². The number of hydrogen-bond donors (Lipinski definition) is 2. The molecule has 0 bridgehead atoms. The fourth-order valence-corrected chi connectivity index (χ4v) is 1.69. The van der Waals surface area contributed by atoms with Crippen molar-refractivity contribution in [3.05, 3.63) is 47.8 Å². The second-order valence-electron chi connectivity index (χ2n) is 4.62. The van der Waals surface area contributed by atoms with Gasteiger partial charge in [0, 0.05) is 24.3 Å². The van der Waals surface area contributed by atoms with Gasteiger partial charge < -0.3 is 11.1 Å². The summed E-state index contributed by atoms with van der Waals surface area (Å²) in [7, 11) is 0. The van der Waals surface area contributed by atoms with Crippen molar-refractivity contribution in [2.75, 3.05) is 6.54 Å². The fraction of sp³-hybridized carbons (Fsp3) is 0.286. The first-order chi connectivity index (χ1) is 9.10. The minimum atomic E-state index is -0.110. The predicted molar refractivity (Wildman–Crippen MR) is 74.3 cm³/mol. The zero-order valence-corrected chi connectivity index (χ0v) is 11.1. The van der Waals surface area contributed by atoms with E-state index in [1.807, 2.05) is 32.2 Å². The number of carbonyl (C=O) groups is 1. The molecule has 0 aliphatic heterocycles. The lowest BCUT2D eigenvalue weighted by Crippen LogP contribution is -2.37. The monoisotopic (exact) mass is 258 g/mol. The summed E-state index contributed by atoms with van der Waals surface area (Å²) < 4.78 is 1.78. The van der Waals surface area contributed by atoms with Crippen LogP contribution < -0.4 is 11.1 Å². The maximum atomic E-state index is 11.9. The number of benzene rings is 1. The summed E-state index contributed by atoms with van der Waals surface area (Å²) in [6, 6.07) is 7.28. The number of amides is 1. The van der Waals surface area contributed by atoms with Crippen LogP contribution in [0.2, 0.25) is 0 Å². The number of nitrogens with one attached hydrogen (secondary N) is 1. The minimum Gasteiger partial charge on any atom is -0.348 e. The van der Waals surface area contributed by atoms with Crippen molar-refractivity contribution in [3.63, 3.8) is 0 Å². The van der Waals surface area contributed by atoms with Gasteiger partial charge >= 0.3 is 0 Å². The van der Waals surface area contributed by atoms with Gasteiger partial charge in [-0.3, -0.25) is 4.79 Å². The molecule has 1 aromatic carbocycles. The molecule has 0 fully saturated rings. The van der Waals surface area contributed by atoms with E-state index in [1.54, 1.807) is 23.0 Å². The van der Waals surface area contributed by atoms with Crippen LogP contribution in [0.1, 0.15) is 22.8 Å². The van der Waals surface area contributed by atoms with Crippen molar-refractivity contribution in [1.29, 1.82) is 0 Å². The van der Waals surface area contributed by atoms with Crippen molar-refractivity contribution < 1.29 is 4.79 Å². The highest BCUT2D eigenvalue weighted by molar-refractivity contribution is 5.94. The van der Waals surface area contributed by atoms with Crippen LogP contribution in [0, 0.1) is 6.92 Å². The molecular weight excluding hydrogens is 240 g/mol. The molecule has 0 radical (unpaired) electrons. The molecule has 2 rings (SSSR count). The molecule has 0 saturated heterocycles. The van der Waals surface area contributed by atoms with Crippen LogP contribution in [0.25, 0.3) is 5.69 Å². The summed E-state index contributed by atoms with van der Waals surface area (Å²) in [6.45, 7) is 4.29. The molecule has 0 aliphatic carbocycles. The zero-order chi connectivity index (χ0) is 13.8. The first-order valence-electron chi connectivity index (χ1n) is 6.23. The molecule has 2 aromatic rings. The van der Waals surface area contributed by atoms with Gasteiger partial charge in [0.1, 0.15) is 0 Å². The molecule has 1 atom stereocenters. The van der Waals surface area contributed by atoms with Crippen LogP contribution in [0.5, 0.6) is 0 Å². The quantitative estimate of drug-likeness (QED) is 0.867. The Hall–Kier alpha value is -2.14. The number of nitrogens with two attached hydrogens (primary N) is 1. The van der Waals surface area contributed by atoms with E-state index in [1.165, 1.54) is 0 Å². The van der Waals surface area contributed by atoms with Gasteiger partial charge in [-0.1, -0.05) is 0 Å². The smallest absolute Gasteiger partial charge is 0.251 e. The minimum absolute atomic E-state index is 0.0269. The highest BCUT2D eigenvalue weighted by Gasteiger charge is 2.08. The van der Waals surface area contributed by atoms with E-state index in [0.29, 0.717) is 12.1 Å². The topological polar surface area (TPSA) is 72.9 Å². The van der Waals surface area contributed by atoms with Gasteiger partial charge in [-0.25, -0.2) is 4.68 Å². The number of rotatable bonds is 4. The fourth-order valence-electron chi connectivity index (χ4n) is 1.69. The predicted octanol–water partition coefficient (Wildman–Crippen LogP) is 1.26. The zero-order valence-electron chi connectivity index (χ0n) is 11.1. The first kappa shape index (κ1) is 13.3. The number of nitrogens with zero attached hydrogens (tertiary/aromatic N) is 2. The molecule has 1 heterocycles. The molecule has 100 valence electrons. The second-order valence-corrected chi connectivity index (χ2v) is 4.62. The van der Waals surface area contributed by atoms with E-state index in [0.717, 1.165) is 11.3 Å². The third kappa shape index (κ3) is 3.20. The van der Waals surface area contributed by atoms with E-state index >= 15 is 0 Å². The van der Waals surface area contributed by atoms with Crippen LogP contribution in [-0.4, -0.2) is 28.3 Å². The summed E-state index contributed by atoms with van der Waals surface area (Å²) in [4.78, 5) is 11.9. The van der Waals surface area contributed by atoms with Crippen LogP contribution in [0.15, 0.2) is 36.7 Å². The SMILES string of the molecule is Cc1cnn(-c2ccc(C(=O)N[C@@H](C)CN)cc2)c1. The third-order valence-electron chi connectivity index (χ3n) is 2.84. The Labute approximate surface area is 112 Å². The number of aromatic nitrogens is 2. The van der Waals surface area contributed by atoms with Gasteiger partial charge in [0.05, 0.1) is 11.9 Å². The summed E-state index contributed by atoms with van der Waals surface area (Å²) in [6.07, 6.45) is 3.73. The van der Waals surface area contributed by atoms with Crippen LogP contribution in [0.4, 0.5) is 0 Å². The summed E-state index contributed by atoms with van der Waals surface area (Å²) in [5, 5.41) is 7.04. The van der Waals surface area contributed by atoms with Gasteiger partial charge in [-0.2, -0.15) is 5.10 Å². The maximum absolute atomic E-state index is 11.9. The molecule has 0 unspecified atom stereocenters. The van der Waals surface area contributed by atoms with Crippen molar-refractivity contribution in [3.8, 4) is 5.69 Å². The summed E-state index contributed by atoms with van der Waals surface area (Å²) in [5.74, 6) is -0.110. The Balaban J connectivity index is 2.12. The lowest BCUT2D eigenvalue weighted by Gasteiger charge is -2.11. The normalized spacial score (nSPS) is 12.2. The Morgan fingerprint density at radius 1 is 1.42 bits per heavy atom. The number of carbonyl (C=O) groups excluding carboxylic acids is 1. The number of hydrogen-bond acceptors (Lipinski definition) is 3. The van der Waals surface area contributed by atoms with Crippen LogP contribution >= 0.6 is 0 Å². The molecule has 19 heavy (non-hydrogen) atoms. The van der Waals surface area contributed by atoms with Crippen molar-refractivity contribution in [2.24, 2.45) is 5.73 Å². The average Bonchev–Trinajstić information content (AvgIpc) is 2.85. The van der Waals surface area contributed by atoms with Crippen LogP contribution in [-0.2, 0) is 0 Å². The average molecular weight is 258 g/mol. The van der Waals surface area contributed by atoms with Crippen LogP contribution in [0.3, 0.4) is 0 Å². The summed E-state index contributed by atoms with van der Waals surface area (Å²) >= 11 is 0. The number of aryl methyl sites for hydroxylation is 1. The molecule has 1 aromatic heterocycles. The molecular formula is C14H18N4O. The highest BCUT2D eigenvalue weighted by Crippen LogP contribution is 2.10. The van der Waals surface area contributed by atoms with E-state index in [4.69, 9.17) is 5.73 Å². The molecule has 0 aliphatic rings. The molecule has 1 amide bonds. The third-order valence-corrected chi connectivity index (χ3v) is 2.84. The second kappa shape index (κ2) is 5.67. The van der Waals surface area contributed by atoms with Crippen molar-refractivity contribution >= 4 is 5.91 Å². The Morgan fingerprint density at radius 3 is 2.63 bits per heavy atom. The Kier molecular flexibility index (Phi) is 3.97. The van der Waals surface area contributed by atoms with Gasteiger partial charge in [0.25, 0.3) is 5.91 Å². The van der Waals surface area contributed by atoms with E-state index in [-0.39, 0.29) is 11.9 Å². The lowest BCUT2D eigenvalue weighted by molar-refractivity contribution is 0.0941. The maximum Gasteiger partial charge on any atom is 0.251 e. The first-order valence-corrected chi connectivity index (χ1v) is 6.23. The molecule has 0 saturated carbocycles. The lowest BCUT2D eigenvalue weighted by atomic mass is 10.2. The largest absolute Gasteiger partial charge is 0.348 e. The Morgan fingerprint density at radius 2 is 2.11 bits per heavy atom. The Bertz CT molecular complexity index is 559. The highest BCUT2D eigenvalue weighted by atomic mass is 16.1. The van der Waals surface area contributed by atoms with Gasteiger partial charge in [0.15, 0.2) is 0 Å². The standard InChI is InChI=1S/C14H18N4O/c1-10-8-16-18(9-10)13-5-3-12(4-6-13)14(19)17-11(2)7-15/h3-6,8-9,11H,7,15H2,1-2H3,(H,17,19)/t11-/m0/s1. The van der Waals surface area contributed by atoms with E-state index < -0.39 is 0 Å². The van der Waals surface area contributed by atoms with E-state index in [9.17, 15) is 4.79 Å². The molecule has 5 heteroatoms. The molecule has 5 nitrogen and oxygen atoms in total. The van der Waals surface area contributed by atoms with Crippen molar-refractivity contribution in [2.45, 2.75) is 19.9 Å². The van der Waals surface area contributed by atoms with E-state index in [2.05, 4.69) is 10.4 Å². The molecule has 0 spiro atoms. The van der Waals surface area contributed by atoms with Gasteiger partial charge in [-0.05, 0) is 43.7 Å². The molecule has 3 N–H and O–H groups in total.